The summed E-state index contributed by atoms with van der Waals surface area (Å²) in [5.74, 6) is 0.904. The molecule has 0 amide bonds. The van der Waals surface area contributed by atoms with Crippen LogP contribution in [0.1, 0.15) is 6.42 Å². The summed E-state index contributed by atoms with van der Waals surface area (Å²) >= 11 is 0. The molecule has 0 radical (unpaired) electrons. The summed E-state index contributed by atoms with van der Waals surface area (Å²) in [4.78, 5) is 3.94. The second-order valence-electron chi connectivity index (χ2n) is 3.90. The van der Waals surface area contributed by atoms with Crippen LogP contribution in [0, 0.1) is 0 Å². The van der Waals surface area contributed by atoms with Crippen molar-refractivity contribution in [2.45, 2.75) is 6.42 Å². The minimum absolute atomic E-state index is 0.668. The first-order chi connectivity index (χ1) is 8.86. The first-order valence-electron chi connectivity index (χ1n) is 5.97. The average Bonchev–Trinajstić information content (AvgIpc) is 2.42. The molecular weight excluding hydrogens is 226 g/mol. The van der Waals surface area contributed by atoms with E-state index in [9.17, 15) is 0 Å². The maximum atomic E-state index is 5.77. The van der Waals surface area contributed by atoms with Crippen LogP contribution in [0.2, 0.25) is 0 Å². The first kappa shape index (κ1) is 12.2. The highest BCUT2D eigenvalue weighted by Gasteiger charge is 1.97. The fourth-order valence-electron chi connectivity index (χ4n) is 1.57. The molecule has 0 atom stereocenters. The van der Waals surface area contributed by atoms with Crippen LogP contribution in [-0.2, 0) is 0 Å². The molecule has 4 heteroatoms. The van der Waals surface area contributed by atoms with Crippen LogP contribution in [-0.4, -0.2) is 18.1 Å². The molecule has 0 unspecified atom stereocenters. The van der Waals surface area contributed by atoms with E-state index in [1.54, 1.807) is 12.4 Å². The highest BCUT2D eigenvalue weighted by Crippen LogP contribution is 2.14. The largest absolute Gasteiger partial charge is 0.494 e. The molecule has 2 aromatic rings. The molecule has 0 spiro atoms. The number of benzene rings is 1. The molecule has 1 aromatic carbocycles. The molecule has 0 aliphatic carbocycles. The number of nitrogens with two attached hydrogens (primary N) is 1. The first-order valence-corrected chi connectivity index (χ1v) is 5.97. The summed E-state index contributed by atoms with van der Waals surface area (Å²) in [6, 6.07) is 11.7. The number of anilines is 2. The molecule has 0 aliphatic rings. The Kier molecular flexibility index (Phi) is 4.41. The van der Waals surface area contributed by atoms with E-state index in [0.29, 0.717) is 12.3 Å². The Hall–Kier alpha value is -2.23. The number of nitrogens with zero attached hydrogens (tertiary/aromatic N) is 1. The van der Waals surface area contributed by atoms with E-state index in [1.165, 1.54) is 0 Å². The second kappa shape index (κ2) is 6.49. The minimum Gasteiger partial charge on any atom is -0.494 e. The summed E-state index contributed by atoms with van der Waals surface area (Å²) < 4.78 is 5.59. The van der Waals surface area contributed by atoms with Gasteiger partial charge in [0.25, 0.3) is 0 Å². The third-order valence-electron chi connectivity index (χ3n) is 2.50. The molecule has 18 heavy (non-hydrogen) atoms. The van der Waals surface area contributed by atoms with Crippen LogP contribution < -0.4 is 15.8 Å². The second-order valence-corrected chi connectivity index (χ2v) is 3.90. The molecule has 0 saturated carbocycles. The average molecular weight is 243 g/mol. The van der Waals surface area contributed by atoms with E-state index in [1.807, 2.05) is 36.4 Å². The third kappa shape index (κ3) is 3.66. The number of hydrogen-bond acceptors (Lipinski definition) is 4. The van der Waals surface area contributed by atoms with Gasteiger partial charge in [0.1, 0.15) is 5.75 Å². The number of hydrogen-bond donors (Lipinski definition) is 2. The van der Waals surface area contributed by atoms with Crippen molar-refractivity contribution in [1.29, 1.82) is 0 Å². The zero-order valence-corrected chi connectivity index (χ0v) is 10.2. The van der Waals surface area contributed by atoms with Crippen LogP contribution in [0.5, 0.6) is 5.75 Å². The topological polar surface area (TPSA) is 60.2 Å². The molecule has 4 nitrogen and oxygen atoms in total. The number of nitrogens with one attached hydrogen (secondary N) is 1. The fourth-order valence-corrected chi connectivity index (χ4v) is 1.57. The molecule has 0 aliphatic heterocycles. The van der Waals surface area contributed by atoms with Crippen LogP contribution in [0.4, 0.5) is 11.4 Å². The van der Waals surface area contributed by atoms with Crippen LogP contribution in [0.15, 0.2) is 48.8 Å². The standard InChI is InChI=1S/C14H17N3O/c15-13-11-16-9-7-14(13)17-8-4-10-18-12-5-2-1-3-6-12/h1-3,5-7,9,11H,4,8,10,15H2,(H,16,17). The highest BCUT2D eigenvalue weighted by atomic mass is 16.5. The summed E-state index contributed by atoms with van der Waals surface area (Å²) in [5, 5.41) is 3.25. The normalized spacial score (nSPS) is 10.0. The lowest BCUT2D eigenvalue weighted by molar-refractivity contribution is 0.315. The maximum Gasteiger partial charge on any atom is 0.119 e. The van der Waals surface area contributed by atoms with Crippen molar-refractivity contribution in [3.05, 3.63) is 48.8 Å². The lowest BCUT2D eigenvalue weighted by atomic mass is 10.3. The van der Waals surface area contributed by atoms with Crippen LogP contribution in [0.25, 0.3) is 0 Å². The zero-order chi connectivity index (χ0) is 12.6. The van der Waals surface area contributed by atoms with E-state index in [2.05, 4.69) is 10.3 Å². The van der Waals surface area contributed by atoms with Gasteiger partial charge in [-0.05, 0) is 24.6 Å². The SMILES string of the molecule is Nc1cnccc1NCCCOc1ccccc1. The van der Waals surface area contributed by atoms with E-state index in [4.69, 9.17) is 10.5 Å². The summed E-state index contributed by atoms with van der Waals surface area (Å²) in [6.45, 7) is 1.50. The van der Waals surface area contributed by atoms with Crippen molar-refractivity contribution in [2.75, 3.05) is 24.2 Å². The van der Waals surface area contributed by atoms with Gasteiger partial charge in [0.05, 0.1) is 24.2 Å². The minimum atomic E-state index is 0.668. The molecule has 0 fully saturated rings. The van der Waals surface area contributed by atoms with Gasteiger partial charge in [0, 0.05) is 12.7 Å². The maximum absolute atomic E-state index is 5.77. The smallest absolute Gasteiger partial charge is 0.119 e. The Morgan fingerprint density at radius 2 is 2.00 bits per heavy atom. The third-order valence-corrected chi connectivity index (χ3v) is 2.50. The predicted octanol–water partition coefficient (Wildman–Crippen LogP) is 2.54. The van der Waals surface area contributed by atoms with Gasteiger partial charge in [0.2, 0.25) is 0 Å². The van der Waals surface area contributed by atoms with Gasteiger partial charge in [0.15, 0.2) is 0 Å². The Morgan fingerprint density at radius 3 is 2.78 bits per heavy atom. The van der Waals surface area contributed by atoms with E-state index < -0.39 is 0 Å². The van der Waals surface area contributed by atoms with E-state index in [0.717, 1.165) is 24.4 Å². The quantitative estimate of drug-likeness (QED) is 0.765. The molecule has 1 heterocycles. The number of aromatic nitrogens is 1. The molecule has 2 rings (SSSR count). The van der Waals surface area contributed by atoms with Crippen LogP contribution >= 0.6 is 0 Å². The van der Waals surface area contributed by atoms with Gasteiger partial charge in [-0.25, -0.2) is 0 Å². The van der Waals surface area contributed by atoms with Crippen molar-refractivity contribution >= 4 is 11.4 Å². The molecule has 0 saturated heterocycles. The number of ether oxygens (including phenoxy) is 1. The lowest BCUT2D eigenvalue weighted by Gasteiger charge is -2.09. The van der Waals surface area contributed by atoms with E-state index >= 15 is 0 Å². The summed E-state index contributed by atoms with van der Waals surface area (Å²) in [6.07, 6.45) is 4.28. The van der Waals surface area contributed by atoms with Crippen molar-refractivity contribution in [3.8, 4) is 5.75 Å². The fraction of sp³-hybridized carbons (Fsp3) is 0.214. The van der Waals surface area contributed by atoms with Gasteiger partial charge in [-0.3, -0.25) is 4.98 Å². The number of nitrogen functional groups attached to an aromatic ring is 1. The number of rotatable bonds is 6. The van der Waals surface area contributed by atoms with Crippen molar-refractivity contribution in [3.63, 3.8) is 0 Å². The number of pyridine rings is 1. The molecule has 0 bridgehead atoms. The monoisotopic (exact) mass is 243 g/mol. The molecule has 94 valence electrons. The Bertz CT molecular complexity index is 473. The van der Waals surface area contributed by atoms with Gasteiger partial charge >= 0.3 is 0 Å². The van der Waals surface area contributed by atoms with Crippen molar-refractivity contribution < 1.29 is 4.74 Å². The summed E-state index contributed by atoms with van der Waals surface area (Å²) in [5.41, 5.74) is 7.36. The predicted molar refractivity (Wildman–Crippen MR) is 73.7 cm³/mol. The number of para-hydroxylation sites is 1. The van der Waals surface area contributed by atoms with Crippen molar-refractivity contribution in [2.24, 2.45) is 0 Å². The highest BCUT2D eigenvalue weighted by molar-refractivity contribution is 5.64. The summed E-state index contributed by atoms with van der Waals surface area (Å²) in [7, 11) is 0. The van der Waals surface area contributed by atoms with E-state index in [-0.39, 0.29) is 0 Å². The van der Waals surface area contributed by atoms with Gasteiger partial charge < -0.3 is 15.8 Å². The Labute approximate surface area is 107 Å². The molecule has 3 N–H and O–H groups in total. The lowest BCUT2D eigenvalue weighted by Crippen LogP contribution is -2.08. The van der Waals surface area contributed by atoms with Crippen molar-refractivity contribution in [1.82, 2.24) is 4.98 Å². The van der Waals surface area contributed by atoms with Crippen LogP contribution in [0.3, 0.4) is 0 Å². The van der Waals surface area contributed by atoms with Gasteiger partial charge in [-0.15, -0.1) is 0 Å². The zero-order valence-electron chi connectivity index (χ0n) is 10.2. The molecule has 1 aromatic heterocycles. The Balaban J connectivity index is 1.66. The van der Waals surface area contributed by atoms with Gasteiger partial charge in [-0.2, -0.15) is 0 Å². The Morgan fingerprint density at radius 1 is 1.17 bits per heavy atom. The molecular formula is C14H17N3O. The van der Waals surface area contributed by atoms with Gasteiger partial charge in [-0.1, -0.05) is 18.2 Å².